The summed E-state index contributed by atoms with van der Waals surface area (Å²) in [6.07, 6.45) is 3.81. The van der Waals surface area contributed by atoms with Crippen LogP contribution in [0.4, 0.5) is 0 Å². The zero-order valence-electron chi connectivity index (χ0n) is 22.5. The summed E-state index contributed by atoms with van der Waals surface area (Å²) in [5.41, 5.74) is 3.07. The Hall–Kier alpha value is -3.30. The Kier molecular flexibility index (Phi) is 9.04. The van der Waals surface area contributed by atoms with Gasteiger partial charge in [-0.05, 0) is 73.7 Å². The lowest BCUT2D eigenvalue weighted by Gasteiger charge is -2.24. The van der Waals surface area contributed by atoms with Crippen LogP contribution in [-0.2, 0) is 16.1 Å². The Balaban J connectivity index is 1.53. The first-order chi connectivity index (χ1) is 19.8. The first kappa shape index (κ1) is 29.2. The molecule has 0 fully saturated rings. The van der Waals surface area contributed by atoms with Crippen molar-refractivity contribution in [2.75, 3.05) is 12.9 Å². The highest BCUT2D eigenvalue weighted by molar-refractivity contribution is 7.98. The van der Waals surface area contributed by atoms with Crippen LogP contribution in [0, 0.1) is 0 Å². The summed E-state index contributed by atoms with van der Waals surface area (Å²) in [5, 5.41) is 1.09. The Morgan fingerprint density at radius 1 is 1.12 bits per heavy atom. The molecule has 0 saturated heterocycles. The van der Waals surface area contributed by atoms with E-state index in [1.807, 2.05) is 66.9 Å². The molecule has 1 aromatic heterocycles. The van der Waals surface area contributed by atoms with E-state index >= 15 is 0 Å². The maximum atomic E-state index is 13.9. The normalized spacial score (nSPS) is 15.0. The fraction of sp³-hybridized carbons (Fsp3) is 0.194. The average Bonchev–Trinajstić information content (AvgIpc) is 3.26. The van der Waals surface area contributed by atoms with Gasteiger partial charge in [0.2, 0.25) is 0 Å². The molecule has 6 nitrogen and oxygen atoms in total. The number of ether oxygens (including phenoxy) is 2. The molecular formula is C31H26Cl2N2O4S2. The fourth-order valence-electron chi connectivity index (χ4n) is 4.54. The van der Waals surface area contributed by atoms with E-state index in [1.165, 1.54) is 11.3 Å². The third-order valence-electron chi connectivity index (χ3n) is 6.51. The van der Waals surface area contributed by atoms with Gasteiger partial charge in [0, 0.05) is 20.5 Å². The van der Waals surface area contributed by atoms with Crippen LogP contribution in [-0.4, -0.2) is 23.4 Å². The summed E-state index contributed by atoms with van der Waals surface area (Å²) >= 11 is 15.2. The summed E-state index contributed by atoms with van der Waals surface area (Å²) in [7, 11) is 0. The molecule has 1 atom stereocenters. The topological polar surface area (TPSA) is 69.9 Å². The minimum absolute atomic E-state index is 0.223. The van der Waals surface area contributed by atoms with E-state index in [2.05, 4.69) is 4.99 Å². The Labute approximate surface area is 255 Å². The molecule has 0 aliphatic carbocycles. The predicted octanol–water partition coefficient (Wildman–Crippen LogP) is 6.41. The lowest BCUT2D eigenvalue weighted by atomic mass is 9.96. The van der Waals surface area contributed by atoms with Crippen molar-refractivity contribution >= 4 is 58.3 Å². The van der Waals surface area contributed by atoms with Gasteiger partial charge in [-0.15, -0.1) is 11.8 Å². The van der Waals surface area contributed by atoms with Gasteiger partial charge in [0.25, 0.3) is 5.56 Å². The zero-order valence-corrected chi connectivity index (χ0v) is 25.7. The average molecular weight is 626 g/mol. The van der Waals surface area contributed by atoms with Gasteiger partial charge in [0.15, 0.2) is 4.80 Å². The van der Waals surface area contributed by atoms with E-state index in [9.17, 15) is 9.59 Å². The molecule has 5 rings (SSSR count). The van der Waals surface area contributed by atoms with E-state index in [0.717, 1.165) is 21.6 Å². The molecular weight excluding hydrogens is 599 g/mol. The number of carbonyl (C=O) groups is 1. The number of halogens is 2. The van der Waals surface area contributed by atoms with Crippen LogP contribution in [0.15, 0.2) is 92.7 Å². The van der Waals surface area contributed by atoms with Crippen molar-refractivity contribution in [2.24, 2.45) is 4.99 Å². The lowest BCUT2D eigenvalue weighted by Crippen LogP contribution is -2.39. The molecule has 1 aliphatic heterocycles. The minimum atomic E-state index is -0.651. The summed E-state index contributed by atoms with van der Waals surface area (Å²) in [4.78, 5) is 33.2. The van der Waals surface area contributed by atoms with Gasteiger partial charge in [-0.25, -0.2) is 9.79 Å². The number of rotatable bonds is 8. The maximum absolute atomic E-state index is 13.9. The highest BCUT2D eigenvalue weighted by Crippen LogP contribution is 2.32. The van der Waals surface area contributed by atoms with E-state index in [4.69, 9.17) is 32.7 Å². The molecule has 0 amide bonds. The van der Waals surface area contributed by atoms with Crippen LogP contribution < -0.4 is 19.6 Å². The molecule has 3 aromatic carbocycles. The number of esters is 1. The molecule has 0 radical (unpaired) electrons. The molecule has 210 valence electrons. The molecule has 41 heavy (non-hydrogen) atoms. The van der Waals surface area contributed by atoms with E-state index in [-0.39, 0.29) is 18.8 Å². The summed E-state index contributed by atoms with van der Waals surface area (Å²) in [6, 6.07) is 19.9. The summed E-state index contributed by atoms with van der Waals surface area (Å²) < 4.78 is 13.4. The second-order valence-electron chi connectivity index (χ2n) is 9.17. The maximum Gasteiger partial charge on any atom is 0.338 e. The molecule has 0 spiro atoms. The van der Waals surface area contributed by atoms with Crippen LogP contribution in [0.3, 0.4) is 0 Å². The zero-order chi connectivity index (χ0) is 29.1. The highest BCUT2D eigenvalue weighted by Gasteiger charge is 2.33. The van der Waals surface area contributed by atoms with Gasteiger partial charge < -0.3 is 9.47 Å². The van der Waals surface area contributed by atoms with Crippen LogP contribution in [0.5, 0.6) is 5.75 Å². The number of benzene rings is 3. The third-order valence-corrected chi connectivity index (χ3v) is 8.83. The van der Waals surface area contributed by atoms with Crippen LogP contribution in [0.2, 0.25) is 10.0 Å². The number of thioether (sulfide) groups is 1. The van der Waals surface area contributed by atoms with E-state index in [0.29, 0.717) is 36.4 Å². The lowest BCUT2D eigenvalue weighted by molar-refractivity contribution is -0.139. The monoisotopic (exact) mass is 624 g/mol. The highest BCUT2D eigenvalue weighted by atomic mass is 35.5. The first-order valence-corrected chi connectivity index (χ1v) is 15.6. The van der Waals surface area contributed by atoms with Crippen molar-refractivity contribution in [1.29, 1.82) is 0 Å². The van der Waals surface area contributed by atoms with Gasteiger partial charge in [-0.2, -0.15) is 0 Å². The smallest absolute Gasteiger partial charge is 0.338 e. The van der Waals surface area contributed by atoms with Gasteiger partial charge in [0.1, 0.15) is 12.4 Å². The van der Waals surface area contributed by atoms with Gasteiger partial charge in [-0.1, -0.05) is 64.9 Å². The molecule has 0 saturated carbocycles. The fourth-order valence-corrected chi connectivity index (χ4v) is 6.46. The number of hydrogen-bond donors (Lipinski definition) is 0. The number of carbonyl (C=O) groups excluding carboxylic acids is 1. The van der Waals surface area contributed by atoms with Gasteiger partial charge >= 0.3 is 5.97 Å². The van der Waals surface area contributed by atoms with E-state index in [1.54, 1.807) is 42.3 Å². The summed E-state index contributed by atoms with van der Waals surface area (Å²) in [5.74, 6) is 0.150. The van der Waals surface area contributed by atoms with Crippen molar-refractivity contribution in [3.63, 3.8) is 0 Å². The SMILES string of the molecule is CCOC(=O)C1=C(C)N=c2s/c(=C\c3cccc(OCc4ccc(Cl)cc4Cl)c3)c(=O)n2[C@@H]1c1ccc(SC)cc1. The second kappa shape index (κ2) is 12.7. The molecule has 1 aliphatic rings. The molecule has 4 aromatic rings. The molecule has 0 N–H and O–H groups in total. The van der Waals surface area contributed by atoms with Crippen molar-refractivity contribution in [2.45, 2.75) is 31.4 Å². The number of hydrogen-bond acceptors (Lipinski definition) is 7. The first-order valence-electron chi connectivity index (χ1n) is 12.8. The Morgan fingerprint density at radius 3 is 2.61 bits per heavy atom. The van der Waals surface area contributed by atoms with Gasteiger partial charge in [0.05, 0.1) is 28.5 Å². The number of allylic oxidation sites excluding steroid dienone is 1. The number of aromatic nitrogens is 1. The largest absolute Gasteiger partial charge is 0.489 e. The Morgan fingerprint density at radius 2 is 1.90 bits per heavy atom. The Bertz CT molecular complexity index is 1830. The standard InChI is InChI=1S/C31H26Cl2N2O4S2/c1-4-38-30(37)27-18(2)34-31-35(28(27)20-9-12-24(40-3)13-10-20)29(36)26(41-31)15-19-6-5-7-23(14-19)39-17-21-8-11-22(32)16-25(21)33/h5-16,28H,4,17H2,1-3H3/b26-15-/t28-/m1/s1. The number of nitrogens with zero attached hydrogens (tertiary/aromatic N) is 2. The van der Waals surface area contributed by atoms with Crippen LogP contribution in [0.1, 0.15) is 36.6 Å². The predicted molar refractivity (Wildman–Crippen MR) is 166 cm³/mol. The van der Waals surface area contributed by atoms with Gasteiger partial charge in [-0.3, -0.25) is 9.36 Å². The van der Waals surface area contributed by atoms with Crippen molar-refractivity contribution in [3.8, 4) is 5.75 Å². The quantitative estimate of drug-likeness (QED) is 0.167. The van der Waals surface area contributed by atoms with Crippen LogP contribution in [0.25, 0.3) is 6.08 Å². The van der Waals surface area contributed by atoms with E-state index < -0.39 is 12.0 Å². The van der Waals surface area contributed by atoms with Crippen LogP contribution >= 0.6 is 46.3 Å². The molecule has 10 heteroatoms. The van der Waals surface area contributed by atoms with Crippen molar-refractivity contribution in [1.82, 2.24) is 4.57 Å². The molecule has 0 unspecified atom stereocenters. The minimum Gasteiger partial charge on any atom is -0.489 e. The third kappa shape index (κ3) is 6.31. The van der Waals surface area contributed by atoms with Crippen molar-refractivity contribution in [3.05, 3.63) is 124 Å². The van der Waals surface area contributed by atoms with Crippen molar-refractivity contribution < 1.29 is 14.3 Å². The molecule has 0 bridgehead atoms. The summed E-state index contributed by atoms with van der Waals surface area (Å²) in [6.45, 7) is 4.03. The second-order valence-corrected chi connectivity index (χ2v) is 11.9. The number of fused-ring (bicyclic) bond motifs is 1. The molecule has 2 heterocycles. The number of thiazole rings is 1.